The second-order valence-corrected chi connectivity index (χ2v) is 11.4. The van der Waals surface area contributed by atoms with E-state index in [1.807, 2.05) is 0 Å². The van der Waals surface area contributed by atoms with Crippen LogP contribution in [0.5, 0.6) is 5.75 Å². The van der Waals surface area contributed by atoms with Gasteiger partial charge in [0.25, 0.3) is 15.7 Å². The van der Waals surface area contributed by atoms with Crippen molar-refractivity contribution in [3.63, 3.8) is 0 Å². The number of nitrogen functional groups attached to an aromatic ring is 1. The summed E-state index contributed by atoms with van der Waals surface area (Å²) in [6, 6.07) is 15.7. The summed E-state index contributed by atoms with van der Waals surface area (Å²) in [6.45, 7) is 1.60. The Morgan fingerprint density at radius 1 is 1.03 bits per heavy atom. The van der Waals surface area contributed by atoms with Crippen LogP contribution in [-0.4, -0.2) is 29.0 Å². The van der Waals surface area contributed by atoms with Crippen LogP contribution in [0.1, 0.15) is 6.92 Å². The normalized spacial score (nSPS) is 12.2. The van der Waals surface area contributed by atoms with Crippen molar-refractivity contribution in [2.75, 3.05) is 16.6 Å². The number of non-ortho nitro benzene ring substituents is 1. The molecule has 0 heterocycles. The minimum atomic E-state index is -4.42. The second-order valence-electron chi connectivity index (χ2n) is 8.13. The third-order valence-electron chi connectivity index (χ3n) is 5.68. The molecular weight excluding hydrogens is 550 g/mol. The Hall–Kier alpha value is -4.44. The summed E-state index contributed by atoms with van der Waals surface area (Å²) in [5, 5.41) is 32.3. The molecule has 13 nitrogen and oxygen atoms in total. The number of hydrogen-bond donors (Lipinski definition) is 3. The number of para-hydroxylation sites is 1. The molecule has 202 valence electrons. The van der Waals surface area contributed by atoms with E-state index >= 15 is 0 Å². The molecule has 0 amide bonds. The lowest BCUT2D eigenvalue weighted by molar-refractivity contribution is -0.385. The molecular formula is C24H21N5O8S2. The highest BCUT2D eigenvalue weighted by atomic mass is 32.3. The minimum Gasteiger partial charge on any atom is -0.872 e. The summed E-state index contributed by atoms with van der Waals surface area (Å²) in [7, 11) is -8.81. The third-order valence-corrected chi connectivity index (χ3v) is 8.46. The zero-order valence-electron chi connectivity index (χ0n) is 20.2. The lowest BCUT2D eigenvalue weighted by Gasteiger charge is -2.23. The molecule has 0 bridgehead atoms. The molecule has 4 aromatic rings. The number of benzene rings is 4. The van der Waals surface area contributed by atoms with E-state index in [1.165, 1.54) is 12.1 Å². The van der Waals surface area contributed by atoms with Crippen LogP contribution in [0.2, 0.25) is 0 Å². The molecule has 0 saturated heterocycles. The molecule has 0 fully saturated rings. The highest BCUT2D eigenvalue weighted by molar-refractivity contribution is 7.93. The van der Waals surface area contributed by atoms with Gasteiger partial charge in [-0.15, -0.1) is 10.2 Å². The third kappa shape index (κ3) is 5.42. The number of nitro benzene ring substituents is 1. The average Bonchev–Trinajstić information content (AvgIpc) is 2.88. The first kappa shape index (κ1) is 27.6. The molecule has 0 unspecified atom stereocenters. The van der Waals surface area contributed by atoms with E-state index in [0.29, 0.717) is 5.69 Å². The molecule has 0 aliphatic rings. The van der Waals surface area contributed by atoms with Gasteiger partial charge in [0.15, 0.2) is 0 Å². The maximum absolute atomic E-state index is 13.7. The van der Waals surface area contributed by atoms with Crippen molar-refractivity contribution < 1.29 is 31.8 Å². The van der Waals surface area contributed by atoms with Crippen molar-refractivity contribution in [1.29, 1.82) is 0 Å². The van der Waals surface area contributed by atoms with Crippen LogP contribution < -0.4 is 15.1 Å². The number of rotatable bonds is 8. The molecule has 0 atom stereocenters. The van der Waals surface area contributed by atoms with Gasteiger partial charge in [0.05, 0.1) is 16.3 Å². The number of nitrogens with zero attached hydrogens (tertiary/aromatic N) is 4. The fraction of sp³-hybridized carbons (Fsp3) is 0.0833. The summed E-state index contributed by atoms with van der Waals surface area (Å²) in [4.78, 5) is 9.67. The topological polar surface area (TPSA) is 212 Å². The van der Waals surface area contributed by atoms with Crippen LogP contribution in [-0.2, 0) is 24.7 Å². The summed E-state index contributed by atoms with van der Waals surface area (Å²) >= 11 is 0. The number of anilines is 2. The summed E-state index contributed by atoms with van der Waals surface area (Å²) < 4.78 is 58.9. The molecule has 15 heteroatoms. The molecule has 0 aromatic heterocycles. The highest BCUT2D eigenvalue weighted by Gasteiger charge is 2.29. The van der Waals surface area contributed by atoms with Crippen molar-refractivity contribution in [3.8, 4) is 5.75 Å². The van der Waals surface area contributed by atoms with Gasteiger partial charge in [0.1, 0.15) is 16.3 Å². The number of fused-ring (bicyclic) bond motifs is 1. The fourth-order valence-corrected chi connectivity index (χ4v) is 6.03. The summed E-state index contributed by atoms with van der Waals surface area (Å²) in [5.41, 5.74) is 5.40. The molecule has 0 radical (unpaired) electrons. The van der Waals surface area contributed by atoms with Gasteiger partial charge in [-0.05, 0) is 46.9 Å². The predicted molar refractivity (Wildman–Crippen MR) is 143 cm³/mol. The van der Waals surface area contributed by atoms with Gasteiger partial charge in [0.2, 0.25) is 4.90 Å². The van der Waals surface area contributed by atoms with E-state index in [-0.39, 0.29) is 34.4 Å². The number of azo groups is 1. The van der Waals surface area contributed by atoms with Crippen molar-refractivity contribution >= 4 is 59.7 Å². The van der Waals surface area contributed by atoms with E-state index in [4.69, 9.17) is 5.73 Å². The van der Waals surface area contributed by atoms with Crippen LogP contribution in [0.25, 0.3) is 10.8 Å². The van der Waals surface area contributed by atoms with Gasteiger partial charge in [-0.3, -0.25) is 14.4 Å². The maximum Gasteiger partial charge on any atom is 0.386 e. The van der Waals surface area contributed by atoms with Gasteiger partial charge >= 0.3 is 10.5 Å². The lowest BCUT2D eigenvalue weighted by atomic mass is 10.1. The smallest absolute Gasteiger partial charge is 0.386 e. The van der Waals surface area contributed by atoms with Crippen molar-refractivity contribution in [2.45, 2.75) is 16.7 Å². The van der Waals surface area contributed by atoms with Gasteiger partial charge in [-0.25, -0.2) is 8.42 Å². The average molecular weight is 572 g/mol. The molecule has 0 spiro atoms. The zero-order valence-corrected chi connectivity index (χ0v) is 21.8. The molecule has 39 heavy (non-hydrogen) atoms. The minimum absolute atomic E-state index is 0.00265. The predicted octanol–water partition coefficient (Wildman–Crippen LogP) is 4.84. The van der Waals surface area contributed by atoms with Crippen molar-refractivity contribution in [3.05, 3.63) is 82.9 Å². The van der Waals surface area contributed by atoms with Gasteiger partial charge in [-0.1, -0.05) is 30.0 Å². The Labute approximate surface area is 223 Å². The van der Waals surface area contributed by atoms with E-state index in [2.05, 4.69) is 10.2 Å². The summed E-state index contributed by atoms with van der Waals surface area (Å²) in [5.74, 6) is -0.794. The molecule has 4 N–H and O–H groups in total. The first-order valence-corrected chi connectivity index (χ1v) is 14.1. The molecule has 4 aromatic carbocycles. The van der Waals surface area contributed by atoms with Crippen LogP contribution in [0.4, 0.5) is 28.4 Å². The maximum atomic E-state index is 13.7. The molecule has 4 rings (SSSR count). The number of sulfonamides is 1. The van der Waals surface area contributed by atoms with E-state index < -0.39 is 46.7 Å². The Bertz CT molecular complexity index is 1770. The molecule has 0 aliphatic carbocycles. The van der Waals surface area contributed by atoms with E-state index in [9.17, 15) is 37.0 Å². The SMILES string of the molecule is CCN(c1ccccc1)S(=O)(=O)c1cc([N+](=O)[O-])ccc1N=Nc1c(N)ccc2cc([S+](=O)(O)O)cc([O-])c12. The number of nitro groups is 1. The van der Waals surface area contributed by atoms with Crippen LogP contribution >= 0.6 is 0 Å². The Morgan fingerprint density at radius 2 is 1.72 bits per heavy atom. The second kappa shape index (κ2) is 10.4. The van der Waals surface area contributed by atoms with Gasteiger partial charge in [0, 0.05) is 30.1 Å². The van der Waals surface area contributed by atoms with Gasteiger partial charge < -0.3 is 10.8 Å². The zero-order chi connectivity index (χ0) is 28.5. The monoisotopic (exact) mass is 571 g/mol. The van der Waals surface area contributed by atoms with Crippen LogP contribution in [0, 0.1) is 10.1 Å². The summed E-state index contributed by atoms with van der Waals surface area (Å²) in [6.07, 6.45) is 0. The Kier molecular flexibility index (Phi) is 7.34. The lowest BCUT2D eigenvalue weighted by Crippen LogP contribution is -2.30. The number of hydrogen-bond acceptors (Lipinski definition) is 9. The Balaban J connectivity index is 1.90. The van der Waals surface area contributed by atoms with Crippen LogP contribution in [0.3, 0.4) is 0 Å². The molecule has 0 saturated carbocycles. The van der Waals surface area contributed by atoms with Crippen LogP contribution in [0.15, 0.2) is 92.8 Å². The molecule has 0 aliphatic heterocycles. The highest BCUT2D eigenvalue weighted by Crippen LogP contribution is 2.41. The number of nitrogens with two attached hydrogens (primary N) is 1. The van der Waals surface area contributed by atoms with Gasteiger partial charge in [-0.2, -0.15) is 9.11 Å². The standard InChI is InChI=1S/C24H21N5O8S2/c1-2-28(16-6-4-3-5-7-16)38(33,34)22-13-17(29(31)32)9-11-20(22)26-27-24-19(25)10-8-15-12-18(39(35,36)37)14-21(30)23(15)24/h3-14H,2H2,1H3,(H4-,25,26,27,30,35,36,37). The fourth-order valence-electron chi connectivity index (χ4n) is 3.87. The van der Waals surface area contributed by atoms with Crippen molar-refractivity contribution in [2.24, 2.45) is 10.2 Å². The first-order valence-electron chi connectivity index (χ1n) is 11.1. The van der Waals surface area contributed by atoms with E-state index in [0.717, 1.165) is 34.6 Å². The van der Waals surface area contributed by atoms with E-state index in [1.54, 1.807) is 37.3 Å². The largest absolute Gasteiger partial charge is 0.872 e. The Morgan fingerprint density at radius 3 is 2.33 bits per heavy atom. The quantitative estimate of drug-likeness (QED) is 0.0866. The first-order chi connectivity index (χ1) is 18.3. The van der Waals surface area contributed by atoms with Crippen molar-refractivity contribution in [1.82, 2.24) is 0 Å².